The summed E-state index contributed by atoms with van der Waals surface area (Å²) in [6.07, 6.45) is 5.74. The van der Waals surface area contributed by atoms with Gasteiger partial charge in [-0.15, -0.1) is 0 Å². The van der Waals surface area contributed by atoms with Crippen molar-refractivity contribution in [2.24, 2.45) is 5.92 Å². The molecule has 0 bridgehead atoms. The van der Waals surface area contributed by atoms with E-state index in [0.717, 1.165) is 38.1 Å². The fourth-order valence-corrected chi connectivity index (χ4v) is 3.54. The summed E-state index contributed by atoms with van der Waals surface area (Å²) in [6.45, 7) is 1.81. The monoisotopic (exact) mass is 273 g/mol. The van der Waals surface area contributed by atoms with E-state index in [1.807, 2.05) is 12.1 Å². The molecule has 20 heavy (non-hydrogen) atoms. The van der Waals surface area contributed by atoms with Gasteiger partial charge in [-0.25, -0.2) is 0 Å². The van der Waals surface area contributed by atoms with Crippen LogP contribution in [-0.2, 0) is 4.79 Å². The third-order valence-corrected chi connectivity index (χ3v) is 4.79. The van der Waals surface area contributed by atoms with Gasteiger partial charge in [0.15, 0.2) is 0 Å². The minimum absolute atomic E-state index is 0.310. The van der Waals surface area contributed by atoms with Crippen molar-refractivity contribution < 1.29 is 9.53 Å². The molecular formula is C17H23NO2. The van der Waals surface area contributed by atoms with Crippen LogP contribution in [-0.4, -0.2) is 31.0 Å². The topological polar surface area (TPSA) is 29.5 Å². The molecular weight excluding hydrogens is 250 g/mol. The van der Waals surface area contributed by atoms with E-state index in [-0.39, 0.29) is 0 Å². The lowest BCUT2D eigenvalue weighted by atomic mass is 9.98. The Kier molecular flexibility index (Phi) is 3.95. The lowest BCUT2D eigenvalue weighted by Crippen LogP contribution is -2.33. The summed E-state index contributed by atoms with van der Waals surface area (Å²) >= 11 is 0. The first kappa shape index (κ1) is 13.5. The second-order valence-corrected chi connectivity index (χ2v) is 6.02. The van der Waals surface area contributed by atoms with Gasteiger partial charge in [-0.2, -0.15) is 0 Å². The number of hydrogen-bond acceptors (Lipinski definition) is 2. The highest BCUT2D eigenvalue weighted by atomic mass is 16.5. The van der Waals surface area contributed by atoms with Crippen molar-refractivity contribution in [3.63, 3.8) is 0 Å². The molecule has 1 aliphatic heterocycles. The van der Waals surface area contributed by atoms with Gasteiger partial charge in [0.1, 0.15) is 5.75 Å². The van der Waals surface area contributed by atoms with Gasteiger partial charge in [0.05, 0.1) is 7.11 Å². The fraction of sp³-hybridized carbons (Fsp3) is 0.588. The molecule has 1 amide bonds. The van der Waals surface area contributed by atoms with Crippen LogP contribution in [0.1, 0.15) is 43.6 Å². The molecule has 0 aromatic heterocycles. The molecule has 3 nitrogen and oxygen atoms in total. The van der Waals surface area contributed by atoms with Crippen LogP contribution in [0.15, 0.2) is 24.3 Å². The van der Waals surface area contributed by atoms with Crippen molar-refractivity contribution in [2.75, 3.05) is 20.2 Å². The Balaban J connectivity index is 1.62. The molecule has 0 N–H and O–H groups in total. The van der Waals surface area contributed by atoms with Gasteiger partial charge in [-0.1, -0.05) is 25.0 Å². The molecule has 2 aliphatic rings. The van der Waals surface area contributed by atoms with Gasteiger partial charge >= 0.3 is 0 Å². The van der Waals surface area contributed by atoms with E-state index in [2.05, 4.69) is 17.0 Å². The molecule has 1 unspecified atom stereocenters. The van der Waals surface area contributed by atoms with E-state index in [0.29, 0.717) is 17.7 Å². The number of benzene rings is 1. The third kappa shape index (κ3) is 2.67. The van der Waals surface area contributed by atoms with Crippen molar-refractivity contribution in [1.29, 1.82) is 0 Å². The van der Waals surface area contributed by atoms with Crippen molar-refractivity contribution >= 4 is 5.91 Å². The van der Waals surface area contributed by atoms with Gasteiger partial charge in [-0.05, 0) is 37.0 Å². The third-order valence-electron chi connectivity index (χ3n) is 4.79. The Labute approximate surface area is 120 Å². The Morgan fingerprint density at radius 2 is 1.85 bits per heavy atom. The van der Waals surface area contributed by atoms with Gasteiger partial charge < -0.3 is 9.64 Å². The van der Waals surface area contributed by atoms with Crippen molar-refractivity contribution in [2.45, 2.75) is 38.0 Å². The lowest BCUT2D eigenvalue weighted by Gasteiger charge is -2.20. The number of carbonyl (C=O) groups excluding carboxylic acids is 1. The highest BCUT2D eigenvalue weighted by Gasteiger charge is 2.32. The van der Waals surface area contributed by atoms with Crippen molar-refractivity contribution in [1.82, 2.24) is 4.90 Å². The second kappa shape index (κ2) is 5.86. The van der Waals surface area contributed by atoms with Gasteiger partial charge in [0.25, 0.3) is 0 Å². The van der Waals surface area contributed by atoms with Crippen LogP contribution < -0.4 is 4.74 Å². The average molecular weight is 273 g/mol. The fourth-order valence-electron chi connectivity index (χ4n) is 3.54. The van der Waals surface area contributed by atoms with E-state index in [9.17, 15) is 4.79 Å². The van der Waals surface area contributed by atoms with Gasteiger partial charge in [0, 0.05) is 24.9 Å². The molecule has 108 valence electrons. The second-order valence-electron chi connectivity index (χ2n) is 6.02. The first-order valence-corrected chi connectivity index (χ1v) is 7.70. The zero-order valence-electron chi connectivity index (χ0n) is 12.2. The molecule has 3 heteroatoms. The zero-order chi connectivity index (χ0) is 13.9. The first-order valence-electron chi connectivity index (χ1n) is 7.70. The Morgan fingerprint density at radius 3 is 2.50 bits per heavy atom. The number of ether oxygens (including phenoxy) is 1. The number of methoxy groups -OCH3 is 1. The van der Waals surface area contributed by atoms with E-state index in [4.69, 9.17) is 4.74 Å². The van der Waals surface area contributed by atoms with Gasteiger partial charge in [0.2, 0.25) is 5.91 Å². The molecule has 1 heterocycles. The summed E-state index contributed by atoms with van der Waals surface area (Å²) < 4.78 is 5.19. The summed E-state index contributed by atoms with van der Waals surface area (Å²) in [4.78, 5) is 14.5. The maximum atomic E-state index is 12.4. The highest BCUT2D eigenvalue weighted by molar-refractivity contribution is 5.79. The molecule has 1 atom stereocenters. The zero-order valence-corrected chi connectivity index (χ0v) is 12.2. The van der Waals surface area contributed by atoms with Crippen molar-refractivity contribution in [3.05, 3.63) is 29.8 Å². The summed E-state index contributed by atoms with van der Waals surface area (Å²) in [5.74, 6) is 2.10. The van der Waals surface area contributed by atoms with E-state index in [1.165, 1.54) is 18.4 Å². The van der Waals surface area contributed by atoms with Crippen molar-refractivity contribution in [3.8, 4) is 5.75 Å². The van der Waals surface area contributed by atoms with Crippen LogP contribution in [0.5, 0.6) is 5.75 Å². The smallest absolute Gasteiger partial charge is 0.225 e. The number of nitrogens with zero attached hydrogens (tertiary/aromatic N) is 1. The standard InChI is InChI=1S/C17H23NO2/c1-20-16-8-6-13(7-9-16)15-10-11-18(12-15)17(19)14-4-2-3-5-14/h6-9,14-15H,2-5,10-12H2,1H3. The predicted octanol–water partition coefficient (Wildman–Crippen LogP) is 3.20. The molecule has 3 rings (SSSR count). The largest absolute Gasteiger partial charge is 0.497 e. The van der Waals surface area contributed by atoms with Crippen LogP contribution >= 0.6 is 0 Å². The highest BCUT2D eigenvalue weighted by Crippen LogP contribution is 2.32. The quantitative estimate of drug-likeness (QED) is 0.846. The van der Waals surface area contributed by atoms with E-state index < -0.39 is 0 Å². The normalized spacial score (nSPS) is 23.2. The number of hydrogen-bond donors (Lipinski definition) is 0. The summed E-state index contributed by atoms with van der Waals surface area (Å²) in [5.41, 5.74) is 1.33. The first-order chi connectivity index (χ1) is 9.78. The van der Waals surface area contributed by atoms with Crippen LogP contribution in [0.4, 0.5) is 0 Å². The van der Waals surface area contributed by atoms with Gasteiger partial charge in [-0.3, -0.25) is 4.79 Å². The predicted molar refractivity (Wildman–Crippen MR) is 78.9 cm³/mol. The Bertz CT molecular complexity index is 462. The summed E-state index contributed by atoms with van der Waals surface area (Å²) in [7, 11) is 1.69. The van der Waals surface area contributed by atoms with Crippen LogP contribution in [0.25, 0.3) is 0 Å². The molecule has 0 spiro atoms. The van der Waals surface area contributed by atoms with Crippen LogP contribution in [0.2, 0.25) is 0 Å². The molecule has 0 radical (unpaired) electrons. The number of amides is 1. The Hall–Kier alpha value is -1.51. The number of carbonyl (C=O) groups is 1. The maximum absolute atomic E-state index is 12.4. The summed E-state index contributed by atoms with van der Waals surface area (Å²) in [6, 6.07) is 8.29. The van der Waals surface area contributed by atoms with E-state index in [1.54, 1.807) is 7.11 Å². The molecule has 1 aromatic rings. The molecule has 2 fully saturated rings. The SMILES string of the molecule is COc1ccc(C2CCN(C(=O)C3CCCC3)C2)cc1. The minimum atomic E-state index is 0.310. The number of rotatable bonds is 3. The molecule has 1 aliphatic carbocycles. The average Bonchev–Trinajstić information content (AvgIpc) is 3.18. The number of likely N-dealkylation sites (tertiary alicyclic amines) is 1. The Morgan fingerprint density at radius 1 is 1.15 bits per heavy atom. The molecule has 1 saturated carbocycles. The molecule has 1 saturated heterocycles. The van der Waals surface area contributed by atoms with Crippen LogP contribution in [0.3, 0.4) is 0 Å². The van der Waals surface area contributed by atoms with E-state index >= 15 is 0 Å². The van der Waals surface area contributed by atoms with Crippen LogP contribution in [0, 0.1) is 5.92 Å². The molecule has 1 aromatic carbocycles. The summed E-state index contributed by atoms with van der Waals surface area (Å²) in [5, 5.41) is 0. The maximum Gasteiger partial charge on any atom is 0.225 e. The minimum Gasteiger partial charge on any atom is -0.497 e. The lowest BCUT2D eigenvalue weighted by molar-refractivity contribution is -0.134.